The van der Waals surface area contributed by atoms with Gasteiger partial charge in [0.1, 0.15) is 29.6 Å². The molecule has 5 aromatic rings. The Bertz CT molecular complexity index is 1480. The Balaban J connectivity index is 1.28. The molecule has 1 amide bonds. The highest BCUT2D eigenvalue weighted by Crippen LogP contribution is 2.28. The van der Waals surface area contributed by atoms with Gasteiger partial charge in [0.05, 0.1) is 7.11 Å². The van der Waals surface area contributed by atoms with Gasteiger partial charge in [0.2, 0.25) is 0 Å². The smallest absolute Gasteiger partial charge is 0.255 e. The van der Waals surface area contributed by atoms with Crippen LogP contribution < -0.4 is 19.5 Å². The third-order valence-corrected chi connectivity index (χ3v) is 5.77. The topological polar surface area (TPSA) is 56.8 Å². The first-order chi connectivity index (χ1) is 17.7. The van der Waals surface area contributed by atoms with Crippen LogP contribution in [0.25, 0.3) is 10.8 Å². The molecule has 0 aliphatic heterocycles. The third-order valence-electron chi connectivity index (χ3n) is 5.77. The molecule has 5 aromatic carbocycles. The number of fused-ring (bicyclic) bond motifs is 1. The number of rotatable bonds is 8. The molecule has 178 valence electrons. The van der Waals surface area contributed by atoms with Crippen molar-refractivity contribution in [2.45, 2.75) is 6.61 Å². The molecule has 0 bridgehead atoms. The predicted octanol–water partition coefficient (Wildman–Crippen LogP) is 7.47. The van der Waals surface area contributed by atoms with Crippen LogP contribution in [0.15, 0.2) is 115 Å². The van der Waals surface area contributed by atoms with Gasteiger partial charge in [-0.15, -0.1) is 0 Å². The van der Waals surface area contributed by atoms with Crippen molar-refractivity contribution >= 4 is 22.4 Å². The zero-order valence-electron chi connectivity index (χ0n) is 19.8. The Morgan fingerprint density at radius 2 is 1.44 bits per heavy atom. The molecule has 1 N–H and O–H groups in total. The number of hydrogen-bond donors (Lipinski definition) is 1. The van der Waals surface area contributed by atoms with E-state index in [9.17, 15) is 4.79 Å². The molecule has 0 atom stereocenters. The fourth-order valence-corrected chi connectivity index (χ4v) is 3.94. The van der Waals surface area contributed by atoms with Crippen molar-refractivity contribution in [3.8, 4) is 23.0 Å². The number of carbonyl (C=O) groups excluding carboxylic acids is 1. The van der Waals surface area contributed by atoms with Crippen molar-refractivity contribution in [2.75, 3.05) is 12.4 Å². The molecule has 0 heterocycles. The lowest BCUT2D eigenvalue weighted by Gasteiger charge is -2.14. The minimum Gasteiger partial charge on any atom is -0.496 e. The highest BCUT2D eigenvalue weighted by Gasteiger charge is 2.12. The second-order valence-corrected chi connectivity index (χ2v) is 8.19. The molecule has 0 aliphatic rings. The largest absolute Gasteiger partial charge is 0.496 e. The molecule has 0 spiro atoms. The van der Waals surface area contributed by atoms with Crippen molar-refractivity contribution in [2.24, 2.45) is 0 Å². The molecule has 0 unspecified atom stereocenters. The van der Waals surface area contributed by atoms with Gasteiger partial charge in [-0.1, -0.05) is 54.6 Å². The number of amides is 1. The first-order valence-corrected chi connectivity index (χ1v) is 11.6. The Hall–Kier alpha value is -4.77. The monoisotopic (exact) mass is 475 g/mol. The fraction of sp³-hybridized carbons (Fsp3) is 0.0645. The maximum absolute atomic E-state index is 13.0. The van der Waals surface area contributed by atoms with E-state index in [4.69, 9.17) is 14.2 Å². The summed E-state index contributed by atoms with van der Waals surface area (Å²) in [7, 11) is 1.61. The molecular weight excluding hydrogens is 450 g/mol. The van der Waals surface area contributed by atoms with Gasteiger partial charge >= 0.3 is 0 Å². The zero-order valence-corrected chi connectivity index (χ0v) is 19.8. The number of carbonyl (C=O) groups is 1. The summed E-state index contributed by atoms with van der Waals surface area (Å²) in [6.07, 6.45) is 0. The van der Waals surface area contributed by atoms with E-state index >= 15 is 0 Å². The molecular formula is C31H25NO4. The lowest BCUT2D eigenvalue weighted by atomic mass is 10.1. The summed E-state index contributed by atoms with van der Waals surface area (Å²) >= 11 is 0. The lowest BCUT2D eigenvalue weighted by Crippen LogP contribution is -2.12. The highest BCUT2D eigenvalue weighted by atomic mass is 16.5. The van der Waals surface area contributed by atoms with Gasteiger partial charge in [0, 0.05) is 22.2 Å². The molecule has 0 fully saturated rings. The Labute approximate surface area is 209 Å². The minimum absolute atomic E-state index is 0.221. The molecule has 0 aliphatic carbocycles. The van der Waals surface area contributed by atoms with Crippen LogP contribution in [0.4, 0.5) is 5.69 Å². The van der Waals surface area contributed by atoms with Crippen LogP contribution >= 0.6 is 0 Å². The molecule has 5 rings (SSSR count). The molecule has 5 heteroatoms. The number of methoxy groups -OCH3 is 1. The van der Waals surface area contributed by atoms with Gasteiger partial charge in [-0.05, 0) is 66.0 Å². The quantitative estimate of drug-likeness (QED) is 0.253. The van der Waals surface area contributed by atoms with Crippen LogP contribution in [0.2, 0.25) is 0 Å². The zero-order chi connectivity index (χ0) is 24.7. The molecule has 0 radical (unpaired) electrons. The number of nitrogens with one attached hydrogen (secondary N) is 1. The maximum atomic E-state index is 13.0. The number of benzene rings is 5. The van der Waals surface area contributed by atoms with Crippen molar-refractivity contribution in [1.82, 2.24) is 0 Å². The molecule has 0 saturated carbocycles. The van der Waals surface area contributed by atoms with E-state index < -0.39 is 0 Å². The summed E-state index contributed by atoms with van der Waals surface area (Å²) in [5, 5.41) is 5.08. The van der Waals surface area contributed by atoms with E-state index in [0.717, 1.165) is 27.8 Å². The van der Waals surface area contributed by atoms with E-state index in [-0.39, 0.29) is 12.5 Å². The van der Waals surface area contributed by atoms with Gasteiger partial charge in [0.15, 0.2) is 0 Å². The Morgan fingerprint density at radius 1 is 0.722 bits per heavy atom. The van der Waals surface area contributed by atoms with Crippen LogP contribution in [-0.4, -0.2) is 13.0 Å². The number of anilines is 1. The lowest BCUT2D eigenvalue weighted by molar-refractivity contribution is 0.102. The predicted molar refractivity (Wildman–Crippen MR) is 142 cm³/mol. The first-order valence-electron chi connectivity index (χ1n) is 11.6. The summed E-state index contributed by atoms with van der Waals surface area (Å²) < 4.78 is 17.5. The maximum Gasteiger partial charge on any atom is 0.255 e. The first kappa shape index (κ1) is 23.0. The van der Waals surface area contributed by atoms with Crippen LogP contribution in [0.3, 0.4) is 0 Å². The number of ether oxygens (including phenoxy) is 3. The summed E-state index contributed by atoms with van der Waals surface area (Å²) in [6, 6.07) is 36.2. The van der Waals surface area contributed by atoms with Gasteiger partial charge < -0.3 is 19.5 Å². The number of hydrogen-bond acceptors (Lipinski definition) is 4. The highest BCUT2D eigenvalue weighted by molar-refractivity contribution is 6.04. The van der Waals surface area contributed by atoms with Crippen LogP contribution in [0.5, 0.6) is 23.0 Å². The third kappa shape index (κ3) is 5.31. The average Bonchev–Trinajstić information content (AvgIpc) is 2.93. The summed E-state index contributed by atoms with van der Waals surface area (Å²) in [5.74, 6) is 2.67. The van der Waals surface area contributed by atoms with Crippen molar-refractivity contribution in [3.05, 3.63) is 126 Å². The van der Waals surface area contributed by atoms with Crippen molar-refractivity contribution < 1.29 is 19.0 Å². The average molecular weight is 476 g/mol. The van der Waals surface area contributed by atoms with Crippen molar-refractivity contribution in [3.63, 3.8) is 0 Å². The molecule has 5 nitrogen and oxygen atoms in total. The van der Waals surface area contributed by atoms with E-state index in [2.05, 4.69) is 5.32 Å². The summed E-state index contributed by atoms with van der Waals surface area (Å²) in [6.45, 7) is 0.268. The van der Waals surface area contributed by atoms with E-state index in [1.165, 1.54) is 0 Å². The molecule has 0 aromatic heterocycles. The standard InChI is InChI=1S/C31H25NO4/c1-34-29-19-14-23(20-24(29)21-35-30-13-7-9-22-8-5-6-12-28(22)30)31(33)32-25-15-17-27(18-16-25)36-26-10-3-2-4-11-26/h2-20H,21H2,1H3,(H,32,33). The van der Waals surface area contributed by atoms with Gasteiger partial charge in [-0.3, -0.25) is 4.79 Å². The van der Waals surface area contributed by atoms with Crippen LogP contribution in [-0.2, 0) is 6.61 Å². The van der Waals surface area contributed by atoms with Crippen LogP contribution in [0.1, 0.15) is 15.9 Å². The minimum atomic E-state index is -0.221. The summed E-state index contributed by atoms with van der Waals surface area (Å²) in [5.41, 5.74) is 1.96. The van der Waals surface area contributed by atoms with Gasteiger partial charge in [-0.25, -0.2) is 0 Å². The van der Waals surface area contributed by atoms with Crippen LogP contribution in [0, 0.1) is 0 Å². The second kappa shape index (κ2) is 10.7. The van der Waals surface area contributed by atoms with E-state index in [1.807, 2.05) is 97.1 Å². The van der Waals surface area contributed by atoms with Crippen molar-refractivity contribution in [1.29, 1.82) is 0 Å². The van der Waals surface area contributed by atoms with Gasteiger partial charge in [0.25, 0.3) is 5.91 Å². The molecule has 0 saturated heterocycles. The number of para-hydroxylation sites is 1. The second-order valence-electron chi connectivity index (χ2n) is 8.19. The Morgan fingerprint density at radius 3 is 2.25 bits per heavy atom. The van der Waals surface area contributed by atoms with E-state index in [0.29, 0.717) is 22.7 Å². The SMILES string of the molecule is COc1ccc(C(=O)Nc2ccc(Oc3ccccc3)cc2)cc1COc1cccc2ccccc12. The Kier molecular flexibility index (Phi) is 6.81. The fourth-order valence-electron chi connectivity index (χ4n) is 3.94. The molecule has 36 heavy (non-hydrogen) atoms. The summed E-state index contributed by atoms with van der Waals surface area (Å²) in [4.78, 5) is 13.0. The normalized spacial score (nSPS) is 10.6. The van der Waals surface area contributed by atoms with E-state index in [1.54, 1.807) is 25.3 Å². The van der Waals surface area contributed by atoms with Gasteiger partial charge in [-0.2, -0.15) is 0 Å².